The van der Waals surface area contributed by atoms with E-state index in [0.717, 1.165) is 101 Å². The maximum Gasteiger partial charge on any atom is 0.263 e. The van der Waals surface area contributed by atoms with Crippen molar-refractivity contribution >= 4 is 34.2 Å². The molecule has 0 radical (unpaired) electrons. The fourth-order valence-corrected chi connectivity index (χ4v) is 9.55. The van der Waals surface area contributed by atoms with Gasteiger partial charge in [-0.25, -0.2) is 4.21 Å². The van der Waals surface area contributed by atoms with Crippen LogP contribution in [0.25, 0.3) is 0 Å². The Balaban J connectivity index is 1.16. The molecule has 1 N–H and O–H groups in total. The average molecular weight is 757 g/mol. The van der Waals surface area contributed by atoms with Crippen molar-refractivity contribution in [3.8, 4) is 5.75 Å². The number of hydrogen-bond donors (Lipinski definition) is 1. The Hall–Kier alpha value is -2.21. The maximum absolute atomic E-state index is 13.5. The van der Waals surface area contributed by atoms with E-state index < -0.39 is 11.0 Å². The zero-order chi connectivity index (χ0) is 36.9. The van der Waals surface area contributed by atoms with Crippen LogP contribution in [0.2, 0.25) is 5.02 Å². The molecule has 3 fully saturated rings. The SMILES string of the molecule is CCCc1cc(Cl)ccc1C1COc2ccc(C(=O)NS(=O)C(C)C(C)CCC)cc2N(CC2CCC2CC2OCC(N3CC(N(C)C)C3)CO2)C1. The highest BCUT2D eigenvalue weighted by atomic mass is 35.5. The van der Waals surface area contributed by atoms with E-state index in [0.29, 0.717) is 36.1 Å². The first-order valence-corrected chi connectivity index (χ1v) is 21.3. The zero-order valence-electron chi connectivity index (χ0n) is 32.2. The van der Waals surface area contributed by atoms with Crippen molar-refractivity contribution < 1.29 is 23.2 Å². The third-order valence-electron chi connectivity index (χ3n) is 12.2. The summed E-state index contributed by atoms with van der Waals surface area (Å²) in [7, 11) is 2.82. The minimum atomic E-state index is -1.48. The molecule has 1 saturated carbocycles. The number of nitrogens with one attached hydrogen (secondary N) is 1. The molecular weight excluding hydrogens is 696 g/mol. The minimum absolute atomic E-state index is 0.131. The van der Waals surface area contributed by atoms with Crippen LogP contribution in [0.5, 0.6) is 5.75 Å². The fraction of sp³-hybridized carbons (Fsp3) is 0.683. The molecule has 6 unspecified atom stereocenters. The van der Waals surface area contributed by atoms with Crippen LogP contribution in [-0.4, -0.2) is 104 Å². The number of halogens is 1. The highest BCUT2D eigenvalue weighted by Gasteiger charge is 2.40. The quantitative estimate of drug-likeness (QED) is 0.210. The van der Waals surface area contributed by atoms with Crippen molar-refractivity contribution in [2.45, 2.75) is 102 Å². The molecule has 4 aliphatic rings. The number of nitrogens with zero attached hydrogens (tertiary/aromatic N) is 3. The summed E-state index contributed by atoms with van der Waals surface area (Å²) in [4.78, 5) is 20.8. The number of hydrogen-bond acceptors (Lipinski definition) is 8. The number of anilines is 1. The molecule has 2 saturated heterocycles. The van der Waals surface area contributed by atoms with E-state index in [1.807, 2.05) is 25.1 Å². The first-order chi connectivity index (χ1) is 25.0. The number of rotatable bonds is 15. The van der Waals surface area contributed by atoms with Gasteiger partial charge < -0.3 is 24.0 Å². The molecule has 11 heteroatoms. The average Bonchev–Trinajstić information content (AvgIpc) is 3.27. The highest BCUT2D eigenvalue weighted by Crippen LogP contribution is 2.43. The number of benzene rings is 2. The van der Waals surface area contributed by atoms with Gasteiger partial charge in [0.25, 0.3) is 5.91 Å². The van der Waals surface area contributed by atoms with Crippen LogP contribution in [0.15, 0.2) is 36.4 Å². The minimum Gasteiger partial charge on any atom is -0.491 e. The van der Waals surface area contributed by atoms with Crippen molar-refractivity contribution in [1.29, 1.82) is 0 Å². The second kappa shape index (κ2) is 17.9. The van der Waals surface area contributed by atoms with Crippen LogP contribution in [0.3, 0.4) is 0 Å². The van der Waals surface area contributed by atoms with Gasteiger partial charge in [0.1, 0.15) is 16.7 Å². The maximum atomic E-state index is 13.5. The molecule has 0 aromatic heterocycles. The summed E-state index contributed by atoms with van der Waals surface area (Å²) in [6.07, 6.45) is 7.03. The molecule has 6 atom stereocenters. The van der Waals surface area contributed by atoms with Crippen molar-refractivity contribution in [3.05, 3.63) is 58.1 Å². The van der Waals surface area contributed by atoms with E-state index in [1.54, 1.807) is 6.07 Å². The largest absolute Gasteiger partial charge is 0.491 e. The number of amides is 1. The molecule has 9 nitrogen and oxygen atoms in total. The molecule has 1 amide bonds. The molecule has 3 heterocycles. The van der Waals surface area contributed by atoms with E-state index in [9.17, 15) is 9.00 Å². The van der Waals surface area contributed by atoms with Crippen LogP contribution in [-0.2, 0) is 26.9 Å². The van der Waals surface area contributed by atoms with E-state index >= 15 is 0 Å². The van der Waals surface area contributed by atoms with Gasteiger partial charge in [-0.1, -0.05) is 51.3 Å². The summed E-state index contributed by atoms with van der Waals surface area (Å²) in [5, 5.41) is 0.624. The number of likely N-dealkylation sites (tertiary alicyclic amines) is 1. The second-order valence-electron chi connectivity index (χ2n) is 16.0. The lowest BCUT2D eigenvalue weighted by Gasteiger charge is -2.49. The highest BCUT2D eigenvalue weighted by molar-refractivity contribution is 7.84. The molecule has 52 heavy (non-hydrogen) atoms. The molecule has 6 rings (SSSR count). The number of aryl methyl sites for hydroxylation is 1. The lowest BCUT2D eigenvalue weighted by atomic mass is 9.71. The lowest BCUT2D eigenvalue weighted by molar-refractivity contribution is -0.223. The van der Waals surface area contributed by atoms with Gasteiger partial charge in [-0.2, -0.15) is 0 Å². The van der Waals surface area contributed by atoms with Gasteiger partial charge in [0.2, 0.25) is 0 Å². The molecule has 0 spiro atoms. The number of likely N-dealkylation sites (N-methyl/N-ethyl adjacent to an activating group) is 1. The Morgan fingerprint density at radius 2 is 1.75 bits per heavy atom. The third kappa shape index (κ3) is 9.35. The Kier molecular flexibility index (Phi) is 13.6. The molecule has 0 bridgehead atoms. The van der Waals surface area contributed by atoms with E-state index in [4.69, 9.17) is 25.8 Å². The van der Waals surface area contributed by atoms with Gasteiger partial charge in [-0.15, -0.1) is 0 Å². The number of carbonyl (C=O) groups excluding carboxylic acids is 1. The van der Waals surface area contributed by atoms with E-state index in [-0.39, 0.29) is 29.3 Å². The van der Waals surface area contributed by atoms with Gasteiger partial charge >= 0.3 is 0 Å². The fourth-order valence-electron chi connectivity index (χ4n) is 8.31. The molecule has 2 aromatic carbocycles. The predicted molar refractivity (Wildman–Crippen MR) is 211 cm³/mol. The van der Waals surface area contributed by atoms with Gasteiger partial charge in [0.15, 0.2) is 6.29 Å². The van der Waals surface area contributed by atoms with Crippen molar-refractivity contribution in [3.63, 3.8) is 0 Å². The van der Waals surface area contributed by atoms with Crippen LogP contribution in [0.1, 0.15) is 93.6 Å². The Morgan fingerprint density at radius 1 is 1.00 bits per heavy atom. The summed E-state index contributed by atoms with van der Waals surface area (Å²) < 4.78 is 35.1. The lowest BCUT2D eigenvalue weighted by Crippen LogP contribution is -2.63. The van der Waals surface area contributed by atoms with Crippen molar-refractivity contribution in [1.82, 2.24) is 14.5 Å². The van der Waals surface area contributed by atoms with E-state index in [1.165, 1.54) is 11.1 Å². The van der Waals surface area contributed by atoms with Crippen LogP contribution in [0.4, 0.5) is 5.69 Å². The normalized spacial score (nSPS) is 27.1. The summed E-state index contributed by atoms with van der Waals surface area (Å²) in [5.74, 6) is 1.82. The smallest absolute Gasteiger partial charge is 0.263 e. The van der Waals surface area contributed by atoms with Crippen LogP contribution in [0, 0.1) is 17.8 Å². The van der Waals surface area contributed by atoms with Gasteiger partial charge in [-0.3, -0.25) is 14.4 Å². The summed E-state index contributed by atoms with van der Waals surface area (Å²) in [6, 6.07) is 12.9. The molecule has 1 aliphatic carbocycles. The van der Waals surface area contributed by atoms with Crippen molar-refractivity contribution in [2.24, 2.45) is 17.8 Å². The number of ether oxygens (including phenoxy) is 3. The Labute approximate surface area is 319 Å². The first kappa shape index (κ1) is 39.5. The first-order valence-electron chi connectivity index (χ1n) is 19.7. The number of fused-ring (bicyclic) bond motifs is 1. The van der Waals surface area contributed by atoms with Crippen LogP contribution >= 0.6 is 11.6 Å². The number of carbonyl (C=O) groups is 1. The molecule has 2 aromatic rings. The predicted octanol–water partition coefficient (Wildman–Crippen LogP) is 6.90. The Morgan fingerprint density at radius 3 is 2.42 bits per heavy atom. The molecule has 288 valence electrons. The summed E-state index contributed by atoms with van der Waals surface area (Å²) in [6.45, 7) is 14.2. The van der Waals surface area contributed by atoms with Crippen LogP contribution < -0.4 is 14.4 Å². The second-order valence-corrected chi connectivity index (χ2v) is 18.0. The third-order valence-corrected chi connectivity index (χ3v) is 14.0. The zero-order valence-corrected chi connectivity index (χ0v) is 33.7. The monoisotopic (exact) mass is 756 g/mol. The summed E-state index contributed by atoms with van der Waals surface area (Å²) >= 11 is 6.48. The van der Waals surface area contributed by atoms with E-state index in [2.05, 4.69) is 66.4 Å². The topological polar surface area (TPSA) is 83.6 Å². The standard InChI is InChI=1S/C41H61ClN4O5S/c1-7-9-27(3)28(4)52(48)43-41(47)31-13-16-39-38(18-31)46(21-33(24-49-39)37-15-14-34(42)17-30(37)10-8-2)20-32-12-11-29(32)19-40-50-25-36(26-51-40)45-22-35(23-45)44(5)6/h13-18,27-29,32-33,35-36,40H,7-12,19-26H2,1-6H3,(H,43,47). The Bertz CT molecular complexity index is 1530. The summed E-state index contributed by atoms with van der Waals surface area (Å²) in [5.41, 5.74) is 3.96. The molecule has 3 aliphatic heterocycles. The van der Waals surface area contributed by atoms with Gasteiger partial charge in [-0.05, 0) is 106 Å². The molecular formula is C41H61ClN4O5S. The van der Waals surface area contributed by atoms with Gasteiger partial charge in [0, 0.05) is 55.1 Å². The van der Waals surface area contributed by atoms with Gasteiger partial charge in [0.05, 0.1) is 36.8 Å². The van der Waals surface area contributed by atoms with Crippen molar-refractivity contribution in [2.75, 3.05) is 65.0 Å².